The first-order valence-corrected chi connectivity index (χ1v) is 6.09. The van der Waals surface area contributed by atoms with Crippen LogP contribution in [0.3, 0.4) is 0 Å². The fraction of sp³-hybridized carbons (Fsp3) is 0.143. The minimum absolute atomic E-state index is 0.481. The van der Waals surface area contributed by atoms with Crippen LogP contribution in [-0.4, -0.2) is 7.11 Å². The molecule has 19 heavy (non-hydrogen) atoms. The Hall–Kier alpha value is -2.07. The number of hydrogen-bond donors (Lipinski definition) is 1. The summed E-state index contributed by atoms with van der Waals surface area (Å²) in [7, 11) is 1.62. The highest BCUT2D eigenvalue weighted by atomic mass is 35.5. The van der Waals surface area contributed by atoms with Gasteiger partial charge in [-0.25, -0.2) is 0 Å². The van der Waals surface area contributed by atoms with Crippen LogP contribution in [-0.2, 0) is 0 Å². The van der Waals surface area contributed by atoms with Crippen molar-refractivity contribution in [1.82, 2.24) is 0 Å². The smallest absolute Gasteiger partial charge is 0.119 e. The second-order valence-electron chi connectivity index (χ2n) is 4.06. The van der Waals surface area contributed by atoms with Crippen LogP contribution in [0, 0.1) is 6.92 Å². The molecule has 0 atom stereocenters. The highest BCUT2D eigenvalue weighted by Gasteiger charge is 2.02. The van der Waals surface area contributed by atoms with Crippen molar-refractivity contribution in [1.29, 1.82) is 0 Å². The molecule has 0 aromatic heterocycles. The Bertz CT molecular complexity index is 609. The van der Waals surface area contributed by atoms with Gasteiger partial charge in [-0.15, -0.1) is 0 Å². The quantitative estimate of drug-likeness (QED) is 0.654. The SMILES string of the molecule is COc1ccc(N=Nc2cc(Cl)c(N)cc2C)cc1. The highest BCUT2D eigenvalue weighted by Crippen LogP contribution is 2.30. The fourth-order valence-corrected chi connectivity index (χ4v) is 1.72. The van der Waals surface area contributed by atoms with E-state index in [9.17, 15) is 0 Å². The molecule has 4 nitrogen and oxygen atoms in total. The number of nitrogens with two attached hydrogens (primary N) is 1. The molecule has 0 spiro atoms. The Kier molecular flexibility index (Phi) is 4.02. The molecule has 0 unspecified atom stereocenters. The summed E-state index contributed by atoms with van der Waals surface area (Å²) < 4.78 is 5.08. The number of nitrogen functional groups attached to an aromatic ring is 1. The maximum atomic E-state index is 5.96. The van der Waals surface area contributed by atoms with Crippen LogP contribution in [0.1, 0.15) is 5.56 Å². The largest absolute Gasteiger partial charge is 0.497 e. The molecule has 0 saturated carbocycles. The molecule has 2 aromatic rings. The van der Waals surface area contributed by atoms with Crippen LogP contribution in [0.4, 0.5) is 17.1 Å². The lowest BCUT2D eigenvalue weighted by molar-refractivity contribution is 0.415. The van der Waals surface area contributed by atoms with Crippen molar-refractivity contribution in [2.24, 2.45) is 10.2 Å². The Morgan fingerprint density at radius 2 is 1.79 bits per heavy atom. The summed E-state index contributed by atoms with van der Waals surface area (Å²) >= 11 is 5.96. The minimum atomic E-state index is 0.481. The van der Waals surface area contributed by atoms with Crippen molar-refractivity contribution in [3.63, 3.8) is 0 Å². The zero-order valence-electron chi connectivity index (χ0n) is 10.7. The molecule has 0 amide bonds. The summed E-state index contributed by atoms with van der Waals surface area (Å²) in [6, 6.07) is 10.8. The minimum Gasteiger partial charge on any atom is -0.497 e. The van der Waals surface area contributed by atoms with Gasteiger partial charge in [-0.05, 0) is 48.9 Å². The number of methoxy groups -OCH3 is 1. The van der Waals surface area contributed by atoms with E-state index in [0.717, 1.165) is 17.0 Å². The van der Waals surface area contributed by atoms with E-state index in [1.165, 1.54) is 0 Å². The molecule has 0 fully saturated rings. The zero-order chi connectivity index (χ0) is 13.8. The molecule has 0 aliphatic carbocycles. The third kappa shape index (κ3) is 3.23. The third-order valence-corrected chi connectivity index (χ3v) is 2.99. The summed E-state index contributed by atoms with van der Waals surface area (Å²) in [4.78, 5) is 0. The Balaban J connectivity index is 2.24. The average molecular weight is 276 g/mol. The molecule has 2 aromatic carbocycles. The Morgan fingerprint density at radius 1 is 1.11 bits per heavy atom. The highest BCUT2D eigenvalue weighted by molar-refractivity contribution is 6.33. The van der Waals surface area contributed by atoms with Gasteiger partial charge in [-0.1, -0.05) is 11.6 Å². The van der Waals surface area contributed by atoms with Gasteiger partial charge in [0.2, 0.25) is 0 Å². The van der Waals surface area contributed by atoms with Gasteiger partial charge in [0, 0.05) is 0 Å². The summed E-state index contributed by atoms with van der Waals surface area (Å²) in [5, 5.41) is 8.81. The first-order chi connectivity index (χ1) is 9.10. The lowest BCUT2D eigenvalue weighted by Crippen LogP contribution is -1.87. The van der Waals surface area contributed by atoms with E-state index in [1.807, 2.05) is 31.2 Å². The van der Waals surface area contributed by atoms with Crippen LogP contribution in [0.15, 0.2) is 46.6 Å². The molecular formula is C14H14ClN3O. The number of rotatable bonds is 3. The van der Waals surface area contributed by atoms with E-state index >= 15 is 0 Å². The van der Waals surface area contributed by atoms with Crippen LogP contribution < -0.4 is 10.5 Å². The van der Waals surface area contributed by atoms with Crippen molar-refractivity contribution in [3.8, 4) is 5.75 Å². The lowest BCUT2D eigenvalue weighted by Gasteiger charge is -2.03. The van der Waals surface area contributed by atoms with Crippen molar-refractivity contribution in [2.45, 2.75) is 6.92 Å². The number of aryl methyl sites for hydroxylation is 1. The second kappa shape index (κ2) is 5.71. The molecule has 2 N–H and O–H groups in total. The first-order valence-electron chi connectivity index (χ1n) is 5.71. The zero-order valence-corrected chi connectivity index (χ0v) is 11.5. The van der Waals surface area contributed by atoms with Gasteiger partial charge in [-0.2, -0.15) is 10.2 Å². The van der Waals surface area contributed by atoms with Gasteiger partial charge >= 0.3 is 0 Å². The molecule has 0 aliphatic heterocycles. The summed E-state index contributed by atoms with van der Waals surface area (Å²) in [5.41, 5.74) is 8.63. The van der Waals surface area contributed by atoms with Crippen LogP contribution in [0.2, 0.25) is 5.02 Å². The Morgan fingerprint density at radius 3 is 2.42 bits per heavy atom. The topological polar surface area (TPSA) is 60.0 Å². The van der Waals surface area contributed by atoms with Crippen molar-refractivity contribution in [3.05, 3.63) is 47.0 Å². The molecule has 0 bridgehead atoms. The van der Waals surface area contributed by atoms with Gasteiger partial charge in [0.05, 0.1) is 29.2 Å². The number of halogens is 1. The maximum Gasteiger partial charge on any atom is 0.119 e. The Labute approximate surface area is 116 Å². The number of anilines is 1. The van der Waals surface area contributed by atoms with Crippen molar-refractivity contribution in [2.75, 3.05) is 12.8 Å². The molecule has 2 rings (SSSR count). The van der Waals surface area contributed by atoms with Gasteiger partial charge in [-0.3, -0.25) is 0 Å². The van der Waals surface area contributed by atoms with E-state index in [4.69, 9.17) is 22.1 Å². The van der Waals surface area contributed by atoms with E-state index in [-0.39, 0.29) is 0 Å². The van der Waals surface area contributed by atoms with Gasteiger partial charge in [0.15, 0.2) is 0 Å². The van der Waals surface area contributed by atoms with E-state index < -0.39 is 0 Å². The summed E-state index contributed by atoms with van der Waals surface area (Å²) in [6.07, 6.45) is 0. The van der Waals surface area contributed by atoms with Gasteiger partial charge in [0.1, 0.15) is 5.75 Å². The van der Waals surface area contributed by atoms with Crippen molar-refractivity contribution >= 4 is 28.7 Å². The van der Waals surface area contributed by atoms with Gasteiger partial charge < -0.3 is 10.5 Å². The van der Waals surface area contributed by atoms with E-state index in [0.29, 0.717) is 16.4 Å². The second-order valence-corrected chi connectivity index (χ2v) is 4.47. The first kappa shape index (κ1) is 13.4. The molecular weight excluding hydrogens is 262 g/mol. The molecule has 98 valence electrons. The predicted octanol–water partition coefficient (Wildman–Crippen LogP) is 4.65. The van der Waals surface area contributed by atoms with Crippen LogP contribution >= 0.6 is 11.6 Å². The van der Waals surface area contributed by atoms with Crippen LogP contribution in [0.25, 0.3) is 0 Å². The van der Waals surface area contributed by atoms with Gasteiger partial charge in [0.25, 0.3) is 0 Å². The number of ether oxygens (including phenoxy) is 1. The van der Waals surface area contributed by atoms with Crippen molar-refractivity contribution < 1.29 is 4.74 Å². The fourth-order valence-electron chi connectivity index (χ4n) is 1.56. The maximum absolute atomic E-state index is 5.96. The van der Waals surface area contributed by atoms with E-state index in [1.54, 1.807) is 19.2 Å². The molecule has 0 radical (unpaired) electrons. The molecule has 0 heterocycles. The monoisotopic (exact) mass is 275 g/mol. The number of hydrogen-bond acceptors (Lipinski definition) is 4. The summed E-state index contributed by atoms with van der Waals surface area (Å²) in [6.45, 7) is 1.91. The summed E-state index contributed by atoms with van der Waals surface area (Å²) in [5.74, 6) is 0.783. The predicted molar refractivity (Wildman–Crippen MR) is 77.8 cm³/mol. The number of benzene rings is 2. The number of azo groups is 1. The third-order valence-electron chi connectivity index (χ3n) is 2.66. The van der Waals surface area contributed by atoms with E-state index in [2.05, 4.69) is 10.2 Å². The molecule has 5 heteroatoms. The standard InChI is InChI=1S/C14H14ClN3O/c1-9-7-13(16)12(15)8-14(9)18-17-10-3-5-11(19-2)6-4-10/h3-8H,16H2,1-2H3. The molecule has 0 saturated heterocycles. The normalized spacial score (nSPS) is 10.9. The van der Waals surface area contributed by atoms with Crippen LogP contribution in [0.5, 0.6) is 5.75 Å². The molecule has 0 aliphatic rings. The number of nitrogens with zero attached hydrogens (tertiary/aromatic N) is 2. The average Bonchev–Trinajstić information content (AvgIpc) is 2.42. The lowest BCUT2D eigenvalue weighted by atomic mass is 10.2.